The molecule has 9 heteroatoms. The minimum absolute atomic E-state index is 0.0906. The van der Waals surface area contributed by atoms with E-state index in [1.165, 1.54) is 18.2 Å². The van der Waals surface area contributed by atoms with E-state index in [9.17, 15) is 27.5 Å². The summed E-state index contributed by atoms with van der Waals surface area (Å²) in [5.74, 6) is -1.21. The Bertz CT molecular complexity index is 1070. The molecule has 0 spiro atoms. The molecule has 31 heavy (non-hydrogen) atoms. The van der Waals surface area contributed by atoms with Crippen molar-refractivity contribution in [3.8, 4) is 11.3 Å². The molecule has 1 amide bonds. The summed E-state index contributed by atoms with van der Waals surface area (Å²) in [6.07, 6.45) is -5.12. The number of aromatic nitrogens is 2. The number of alkyl halides is 3. The van der Waals surface area contributed by atoms with E-state index >= 15 is 0 Å². The fourth-order valence-corrected chi connectivity index (χ4v) is 2.91. The van der Waals surface area contributed by atoms with Crippen molar-refractivity contribution >= 4 is 5.91 Å². The van der Waals surface area contributed by atoms with Gasteiger partial charge >= 0.3 is 6.18 Å². The summed E-state index contributed by atoms with van der Waals surface area (Å²) >= 11 is 0. The predicted molar refractivity (Wildman–Crippen MR) is 106 cm³/mol. The molecule has 0 unspecified atom stereocenters. The molecule has 0 aliphatic rings. The summed E-state index contributed by atoms with van der Waals surface area (Å²) in [6, 6.07) is 8.82. The highest BCUT2D eigenvalue weighted by Gasteiger charge is 2.39. The van der Waals surface area contributed by atoms with Gasteiger partial charge in [-0.1, -0.05) is 6.07 Å². The number of carbonyl (C=O) groups excluding carboxylic acids is 1. The third kappa shape index (κ3) is 5.43. The number of carbonyl (C=O) groups is 1. The molecule has 0 fully saturated rings. The summed E-state index contributed by atoms with van der Waals surface area (Å²) < 4.78 is 52.4. The molecule has 0 saturated carbocycles. The van der Waals surface area contributed by atoms with Crippen molar-refractivity contribution in [1.29, 1.82) is 0 Å². The molecule has 0 aliphatic heterocycles. The van der Waals surface area contributed by atoms with Crippen molar-refractivity contribution in [3.05, 3.63) is 83.1 Å². The highest BCUT2D eigenvalue weighted by atomic mass is 19.4. The number of halogens is 4. The number of aliphatic hydroxyl groups excluding tert-OH is 1. The quantitative estimate of drug-likeness (QED) is 0.573. The highest BCUT2D eigenvalue weighted by molar-refractivity contribution is 5.96. The van der Waals surface area contributed by atoms with Gasteiger partial charge in [0.25, 0.3) is 5.91 Å². The van der Waals surface area contributed by atoms with Crippen LogP contribution in [0.1, 0.15) is 46.2 Å². The van der Waals surface area contributed by atoms with Gasteiger partial charge in [0.1, 0.15) is 5.82 Å². The Morgan fingerprint density at radius 3 is 2.39 bits per heavy atom. The lowest BCUT2D eigenvalue weighted by Crippen LogP contribution is -2.28. The summed E-state index contributed by atoms with van der Waals surface area (Å²) in [5.41, 5.74) is 1.26. The van der Waals surface area contributed by atoms with Gasteiger partial charge in [-0.3, -0.25) is 14.8 Å². The highest BCUT2D eigenvalue weighted by Crippen LogP contribution is 2.35. The molecular weight excluding hydrogens is 414 g/mol. The molecular formula is C22H19F4N3O2. The lowest BCUT2D eigenvalue weighted by atomic mass is 9.98. The Morgan fingerprint density at radius 2 is 1.81 bits per heavy atom. The van der Waals surface area contributed by atoms with Crippen molar-refractivity contribution in [3.63, 3.8) is 0 Å². The van der Waals surface area contributed by atoms with Crippen molar-refractivity contribution in [1.82, 2.24) is 15.3 Å². The molecule has 3 rings (SSSR count). The van der Waals surface area contributed by atoms with Crippen LogP contribution >= 0.6 is 0 Å². The fourth-order valence-electron chi connectivity index (χ4n) is 2.91. The Kier molecular flexibility index (Phi) is 6.35. The van der Waals surface area contributed by atoms with Crippen LogP contribution in [0.4, 0.5) is 17.6 Å². The maximum atomic E-state index is 13.1. The minimum atomic E-state index is -4.90. The van der Waals surface area contributed by atoms with Crippen LogP contribution in [0.2, 0.25) is 0 Å². The lowest BCUT2D eigenvalue weighted by Gasteiger charge is -2.18. The number of benzene rings is 1. The Morgan fingerprint density at radius 1 is 1.06 bits per heavy atom. The third-order valence-electron chi connectivity index (χ3n) is 4.59. The van der Waals surface area contributed by atoms with E-state index in [1.54, 1.807) is 25.3 Å². The average Bonchev–Trinajstić information content (AvgIpc) is 2.73. The molecule has 5 nitrogen and oxygen atoms in total. The number of hydrogen-bond donors (Lipinski definition) is 2. The number of rotatable bonds is 5. The van der Waals surface area contributed by atoms with Crippen molar-refractivity contribution in [2.24, 2.45) is 0 Å². The van der Waals surface area contributed by atoms with Crippen molar-refractivity contribution in [2.75, 3.05) is 0 Å². The van der Waals surface area contributed by atoms with E-state index in [4.69, 9.17) is 0 Å². The second-order valence-electron chi connectivity index (χ2n) is 7.11. The van der Waals surface area contributed by atoms with E-state index in [0.717, 1.165) is 23.9 Å². The summed E-state index contributed by atoms with van der Waals surface area (Å²) in [7, 11) is 0. The summed E-state index contributed by atoms with van der Waals surface area (Å²) in [4.78, 5) is 20.8. The first-order chi connectivity index (χ1) is 14.5. The van der Waals surface area contributed by atoms with Crippen LogP contribution in [-0.4, -0.2) is 27.2 Å². The second kappa shape index (κ2) is 8.81. The zero-order valence-corrected chi connectivity index (χ0v) is 16.6. The van der Waals surface area contributed by atoms with Gasteiger partial charge in [0, 0.05) is 17.3 Å². The molecule has 2 atom stereocenters. The number of amides is 1. The van der Waals surface area contributed by atoms with Gasteiger partial charge in [0.05, 0.1) is 23.6 Å². The predicted octanol–water partition coefficient (Wildman–Crippen LogP) is 4.68. The van der Waals surface area contributed by atoms with E-state index in [0.29, 0.717) is 11.4 Å². The van der Waals surface area contributed by atoms with Crippen LogP contribution in [-0.2, 0) is 0 Å². The number of hydrogen-bond acceptors (Lipinski definition) is 4. The molecule has 2 aromatic heterocycles. The standard InChI is InChI=1S/C22H19F4N3O2/c1-12-3-5-19(27-10-12)14-7-15(20(30)22(24,25)26)9-16(8-14)21(31)29-13(2)18-6-4-17(23)11-28-18/h3-11,13,20,30H,1-2H3,(H,29,31)/t13-,20-/m1/s1. The average molecular weight is 433 g/mol. The van der Waals surface area contributed by atoms with Gasteiger partial charge in [0.15, 0.2) is 6.10 Å². The number of nitrogens with one attached hydrogen (secondary N) is 1. The number of aliphatic hydroxyl groups is 1. The number of nitrogens with zero attached hydrogens (tertiary/aromatic N) is 2. The molecule has 3 aromatic rings. The van der Waals surface area contributed by atoms with Crippen molar-refractivity contribution < 1.29 is 27.5 Å². The number of aryl methyl sites for hydroxylation is 1. The summed E-state index contributed by atoms with van der Waals surface area (Å²) in [6.45, 7) is 3.42. The zero-order chi connectivity index (χ0) is 22.8. The monoisotopic (exact) mass is 433 g/mol. The maximum absolute atomic E-state index is 13.1. The van der Waals surface area contributed by atoms with Crippen LogP contribution in [0.5, 0.6) is 0 Å². The Hall–Kier alpha value is -3.33. The molecule has 0 radical (unpaired) electrons. The van der Waals surface area contributed by atoms with Gasteiger partial charge in [-0.2, -0.15) is 13.2 Å². The SMILES string of the molecule is Cc1ccc(-c2cc(C(=O)N[C@H](C)c3ccc(F)cn3)cc([C@@H](O)C(F)(F)F)c2)nc1. The van der Waals surface area contributed by atoms with E-state index < -0.39 is 35.6 Å². The molecule has 2 heterocycles. The maximum Gasteiger partial charge on any atom is 0.418 e. The van der Waals surface area contributed by atoms with Crippen LogP contribution in [0, 0.1) is 12.7 Å². The third-order valence-corrected chi connectivity index (χ3v) is 4.59. The first-order valence-electron chi connectivity index (χ1n) is 9.29. The molecule has 0 bridgehead atoms. The van der Waals surface area contributed by atoms with Gasteiger partial charge in [0.2, 0.25) is 0 Å². The normalized spacial score (nSPS) is 13.5. The molecule has 162 valence electrons. The molecule has 1 aromatic carbocycles. The summed E-state index contributed by atoms with van der Waals surface area (Å²) in [5, 5.41) is 12.4. The topological polar surface area (TPSA) is 75.1 Å². The van der Waals surface area contributed by atoms with E-state index in [-0.39, 0.29) is 11.1 Å². The number of pyridine rings is 2. The smallest absolute Gasteiger partial charge is 0.379 e. The second-order valence-corrected chi connectivity index (χ2v) is 7.11. The minimum Gasteiger partial charge on any atom is -0.379 e. The van der Waals surface area contributed by atoms with E-state index in [1.807, 2.05) is 6.92 Å². The van der Waals surface area contributed by atoms with Crippen LogP contribution in [0.3, 0.4) is 0 Å². The van der Waals surface area contributed by atoms with Gasteiger partial charge < -0.3 is 10.4 Å². The van der Waals surface area contributed by atoms with Crippen LogP contribution in [0.15, 0.2) is 54.9 Å². The first-order valence-corrected chi connectivity index (χ1v) is 9.29. The van der Waals surface area contributed by atoms with Crippen LogP contribution in [0.25, 0.3) is 11.3 Å². The lowest BCUT2D eigenvalue weighted by molar-refractivity contribution is -0.206. The van der Waals surface area contributed by atoms with Gasteiger partial charge in [-0.25, -0.2) is 4.39 Å². The Labute approximate surface area is 175 Å². The molecule has 0 aliphatic carbocycles. The zero-order valence-electron chi connectivity index (χ0n) is 16.6. The Balaban J connectivity index is 1.97. The largest absolute Gasteiger partial charge is 0.418 e. The van der Waals surface area contributed by atoms with Gasteiger partial charge in [-0.05, 0) is 61.4 Å². The van der Waals surface area contributed by atoms with Crippen LogP contribution < -0.4 is 5.32 Å². The van der Waals surface area contributed by atoms with Gasteiger partial charge in [-0.15, -0.1) is 0 Å². The molecule has 2 N–H and O–H groups in total. The van der Waals surface area contributed by atoms with E-state index in [2.05, 4.69) is 15.3 Å². The first kappa shape index (κ1) is 22.4. The molecule has 0 saturated heterocycles. The van der Waals surface area contributed by atoms with Crippen molar-refractivity contribution in [2.45, 2.75) is 32.2 Å². The fraction of sp³-hybridized carbons (Fsp3) is 0.227.